The second-order valence-electron chi connectivity index (χ2n) is 4.66. The number of hydrogen-bond donors (Lipinski definition) is 1. The third-order valence-electron chi connectivity index (χ3n) is 3.43. The highest BCUT2D eigenvalue weighted by Crippen LogP contribution is 2.32. The van der Waals surface area contributed by atoms with Gasteiger partial charge in [-0.2, -0.15) is 5.26 Å². The van der Waals surface area contributed by atoms with E-state index in [1.807, 2.05) is 18.2 Å². The summed E-state index contributed by atoms with van der Waals surface area (Å²) >= 11 is 5.94. The molecular formula is C13H16ClN2P. The Morgan fingerprint density at radius 1 is 1.41 bits per heavy atom. The van der Waals surface area contributed by atoms with Gasteiger partial charge < -0.3 is 5.32 Å². The predicted molar refractivity (Wildman–Crippen MR) is 74.6 cm³/mol. The Labute approximate surface area is 110 Å². The van der Waals surface area contributed by atoms with Crippen LogP contribution in [-0.2, 0) is 6.42 Å². The Balaban J connectivity index is 2.21. The van der Waals surface area contributed by atoms with Gasteiger partial charge in [-0.25, -0.2) is 0 Å². The normalized spacial score (nSPS) is 18.6. The summed E-state index contributed by atoms with van der Waals surface area (Å²) in [4.78, 5) is 0. The minimum atomic E-state index is -0.204. The summed E-state index contributed by atoms with van der Waals surface area (Å²) in [6.07, 6.45) is 2.67. The first kappa shape index (κ1) is 12.8. The molecule has 17 heavy (non-hydrogen) atoms. The third-order valence-corrected chi connectivity index (χ3v) is 4.21. The average Bonchev–Trinajstić information content (AvgIpc) is 2.34. The van der Waals surface area contributed by atoms with Crippen molar-refractivity contribution in [3.63, 3.8) is 0 Å². The smallest absolute Gasteiger partial charge is 0.0694 e. The first-order valence-corrected chi connectivity index (χ1v) is 6.77. The fourth-order valence-electron chi connectivity index (χ4n) is 2.32. The Bertz CT molecular complexity index is 447. The van der Waals surface area contributed by atoms with Crippen molar-refractivity contribution >= 4 is 26.1 Å². The van der Waals surface area contributed by atoms with E-state index in [9.17, 15) is 5.26 Å². The molecule has 1 N–H and O–H groups in total. The predicted octanol–water partition coefficient (Wildman–Crippen LogP) is 2.28. The zero-order valence-corrected chi connectivity index (χ0v) is 11.6. The van der Waals surface area contributed by atoms with Crippen molar-refractivity contribution in [1.29, 1.82) is 5.26 Å². The minimum absolute atomic E-state index is 0.204. The second kappa shape index (κ2) is 5.36. The van der Waals surface area contributed by atoms with E-state index < -0.39 is 0 Å². The number of nitriles is 1. The van der Waals surface area contributed by atoms with Gasteiger partial charge >= 0.3 is 0 Å². The number of nitrogens with zero attached hydrogens (tertiary/aromatic N) is 1. The molecule has 1 saturated heterocycles. The fraction of sp³-hybridized carbons (Fsp3) is 0.462. The van der Waals surface area contributed by atoms with E-state index in [2.05, 4.69) is 20.6 Å². The van der Waals surface area contributed by atoms with Gasteiger partial charge in [-0.3, -0.25) is 0 Å². The van der Waals surface area contributed by atoms with Crippen LogP contribution >= 0.6 is 20.8 Å². The van der Waals surface area contributed by atoms with Gasteiger partial charge in [0.05, 0.1) is 11.5 Å². The van der Waals surface area contributed by atoms with Crippen molar-refractivity contribution in [2.75, 3.05) is 13.1 Å². The van der Waals surface area contributed by atoms with Gasteiger partial charge in [0.25, 0.3) is 0 Å². The number of benzene rings is 1. The van der Waals surface area contributed by atoms with Crippen LogP contribution in [0.1, 0.15) is 18.4 Å². The van der Waals surface area contributed by atoms with Gasteiger partial charge in [-0.15, -0.1) is 9.24 Å². The summed E-state index contributed by atoms with van der Waals surface area (Å²) in [7, 11) is 2.71. The second-order valence-corrected chi connectivity index (χ2v) is 5.72. The van der Waals surface area contributed by atoms with E-state index in [4.69, 9.17) is 11.6 Å². The summed E-state index contributed by atoms with van der Waals surface area (Å²) in [5, 5.41) is 14.6. The van der Waals surface area contributed by atoms with Crippen LogP contribution in [0.25, 0.3) is 0 Å². The van der Waals surface area contributed by atoms with Gasteiger partial charge in [-0.1, -0.05) is 17.7 Å². The molecule has 1 atom stereocenters. The molecular weight excluding hydrogens is 251 g/mol. The number of hydrogen-bond acceptors (Lipinski definition) is 2. The van der Waals surface area contributed by atoms with E-state index in [-0.39, 0.29) is 5.41 Å². The standard InChI is InChI=1S/C13H16ClN2P/c14-11-2-1-10(12(17)7-11)8-13(9-15)3-5-16-6-4-13/h1-2,7,16H,3-6,8,17H2. The van der Waals surface area contributed by atoms with Crippen LogP contribution in [0.5, 0.6) is 0 Å². The summed E-state index contributed by atoms with van der Waals surface area (Å²) in [6.45, 7) is 1.88. The lowest BCUT2D eigenvalue weighted by molar-refractivity contribution is 0.281. The maximum atomic E-state index is 9.44. The largest absolute Gasteiger partial charge is 0.317 e. The molecule has 1 unspecified atom stereocenters. The molecule has 2 nitrogen and oxygen atoms in total. The minimum Gasteiger partial charge on any atom is -0.317 e. The van der Waals surface area contributed by atoms with Crippen LogP contribution in [0, 0.1) is 16.7 Å². The molecule has 1 aromatic rings. The molecule has 0 bridgehead atoms. The molecule has 0 aliphatic carbocycles. The maximum Gasteiger partial charge on any atom is 0.0694 e. The van der Waals surface area contributed by atoms with Crippen molar-refractivity contribution in [2.24, 2.45) is 5.41 Å². The number of rotatable bonds is 2. The van der Waals surface area contributed by atoms with E-state index in [1.54, 1.807) is 0 Å². The zero-order chi connectivity index (χ0) is 12.3. The van der Waals surface area contributed by atoms with Crippen LogP contribution < -0.4 is 10.6 Å². The Morgan fingerprint density at radius 3 is 2.71 bits per heavy atom. The third kappa shape index (κ3) is 2.99. The molecule has 0 radical (unpaired) electrons. The van der Waals surface area contributed by atoms with Crippen molar-refractivity contribution < 1.29 is 0 Å². The van der Waals surface area contributed by atoms with Gasteiger partial charge in [0.1, 0.15) is 0 Å². The first-order valence-electron chi connectivity index (χ1n) is 5.81. The molecule has 0 amide bonds. The van der Waals surface area contributed by atoms with Crippen LogP contribution in [0.15, 0.2) is 18.2 Å². The van der Waals surface area contributed by atoms with Crippen molar-refractivity contribution in [1.82, 2.24) is 5.32 Å². The van der Waals surface area contributed by atoms with E-state index in [1.165, 1.54) is 5.56 Å². The molecule has 0 aromatic heterocycles. The summed E-state index contributed by atoms with van der Waals surface area (Å²) in [5.41, 5.74) is 1.01. The molecule has 0 saturated carbocycles. The molecule has 0 spiro atoms. The Hall–Kier alpha value is -0.610. The highest BCUT2D eigenvalue weighted by Gasteiger charge is 2.32. The van der Waals surface area contributed by atoms with Crippen molar-refractivity contribution in [2.45, 2.75) is 19.3 Å². The summed E-state index contributed by atoms with van der Waals surface area (Å²) in [5.74, 6) is 0. The first-order chi connectivity index (χ1) is 8.15. The fourth-order valence-corrected chi connectivity index (χ4v) is 2.99. The van der Waals surface area contributed by atoms with Crippen molar-refractivity contribution in [3.8, 4) is 6.07 Å². The van der Waals surface area contributed by atoms with Gasteiger partial charge in [0.15, 0.2) is 0 Å². The molecule has 1 fully saturated rings. The highest BCUT2D eigenvalue weighted by atomic mass is 35.5. The van der Waals surface area contributed by atoms with Crippen LogP contribution in [-0.4, -0.2) is 13.1 Å². The molecule has 90 valence electrons. The molecule has 1 aliphatic rings. The number of halogens is 1. The van der Waals surface area contributed by atoms with Crippen molar-refractivity contribution in [3.05, 3.63) is 28.8 Å². The van der Waals surface area contributed by atoms with Crippen LogP contribution in [0.2, 0.25) is 5.02 Å². The Morgan fingerprint density at radius 2 is 2.12 bits per heavy atom. The average molecular weight is 267 g/mol. The Kier molecular flexibility index (Phi) is 4.05. The van der Waals surface area contributed by atoms with Crippen LogP contribution in [0.4, 0.5) is 0 Å². The quantitative estimate of drug-likeness (QED) is 0.834. The van der Waals surface area contributed by atoms with Crippen LogP contribution in [0.3, 0.4) is 0 Å². The molecule has 4 heteroatoms. The van der Waals surface area contributed by atoms with E-state index in [0.717, 1.165) is 42.7 Å². The van der Waals surface area contributed by atoms with E-state index in [0.29, 0.717) is 0 Å². The lowest BCUT2D eigenvalue weighted by atomic mass is 9.75. The number of nitrogens with one attached hydrogen (secondary N) is 1. The molecule has 1 aliphatic heterocycles. The topological polar surface area (TPSA) is 35.8 Å². The molecule has 2 rings (SSSR count). The molecule has 1 aromatic carbocycles. The monoisotopic (exact) mass is 266 g/mol. The van der Waals surface area contributed by atoms with Gasteiger partial charge in [-0.05, 0) is 55.4 Å². The lowest BCUT2D eigenvalue weighted by Gasteiger charge is -2.31. The molecule has 1 heterocycles. The SMILES string of the molecule is N#CC1(Cc2ccc(Cl)cc2P)CCNCC1. The maximum absolute atomic E-state index is 9.44. The zero-order valence-electron chi connectivity index (χ0n) is 9.67. The van der Waals surface area contributed by atoms with Gasteiger partial charge in [0.2, 0.25) is 0 Å². The lowest BCUT2D eigenvalue weighted by Crippen LogP contribution is -2.37. The highest BCUT2D eigenvalue weighted by molar-refractivity contribution is 7.27. The summed E-state index contributed by atoms with van der Waals surface area (Å²) in [6, 6.07) is 8.40. The summed E-state index contributed by atoms with van der Waals surface area (Å²) < 4.78 is 0. The van der Waals surface area contributed by atoms with Gasteiger partial charge in [0, 0.05) is 5.02 Å². The van der Waals surface area contributed by atoms with E-state index >= 15 is 0 Å². The number of piperidine rings is 1.